The molecule has 0 amide bonds. The van der Waals surface area contributed by atoms with Crippen LogP contribution < -0.4 is 0 Å². The van der Waals surface area contributed by atoms with Crippen molar-refractivity contribution < 1.29 is 19.1 Å². The second-order valence-corrected chi connectivity index (χ2v) is 9.78. The number of rotatable bonds is 12. The fourth-order valence-electron chi connectivity index (χ4n) is 3.57. The zero-order valence-corrected chi connectivity index (χ0v) is 18.5. The van der Waals surface area contributed by atoms with E-state index in [9.17, 15) is 14.6 Å². The second-order valence-electron chi connectivity index (χ2n) is 7.88. The smallest absolute Gasteiger partial charge is 0.330 e. The quantitative estimate of drug-likeness (QED) is 0.489. The summed E-state index contributed by atoms with van der Waals surface area (Å²) in [6.45, 7) is 7.32. The van der Waals surface area contributed by atoms with Crippen molar-refractivity contribution in [1.29, 1.82) is 0 Å². The van der Waals surface area contributed by atoms with Gasteiger partial charge in [0.05, 0.1) is 18.9 Å². The van der Waals surface area contributed by atoms with Crippen LogP contribution in [0, 0.1) is 5.92 Å². The molecule has 160 valence electrons. The zero-order chi connectivity index (χ0) is 21.3. The van der Waals surface area contributed by atoms with Crippen molar-refractivity contribution in [3.63, 3.8) is 0 Å². The number of nitrogens with zero attached hydrogens (tertiary/aromatic N) is 1. The van der Waals surface area contributed by atoms with Gasteiger partial charge in [-0.3, -0.25) is 9.46 Å². The van der Waals surface area contributed by atoms with Crippen molar-refractivity contribution in [2.45, 2.75) is 52.4 Å². The van der Waals surface area contributed by atoms with Crippen LogP contribution in [0.4, 0.5) is 0 Å². The third-order valence-electron chi connectivity index (χ3n) is 4.83. The molecule has 0 saturated heterocycles. The summed E-state index contributed by atoms with van der Waals surface area (Å²) in [6.07, 6.45) is -0.516. The van der Waals surface area contributed by atoms with Gasteiger partial charge in [-0.2, -0.15) is 0 Å². The van der Waals surface area contributed by atoms with Crippen molar-refractivity contribution in [1.82, 2.24) is 4.90 Å². The lowest BCUT2D eigenvalue weighted by molar-refractivity contribution is 0.0371. The third-order valence-corrected chi connectivity index (χ3v) is 6.33. The van der Waals surface area contributed by atoms with Gasteiger partial charge in [0.25, 0.3) is 0 Å². The van der Waals surface area contributed by atoms with Gasteiger partial charge in [0, 0.05) is 19.1 Å². The van der Waals surface area contributed by atoms with Gasteiger partial charge in [0.15, 0.2) is 0 Å². The summed E-state index contributed by atoms with van der Waals surface area (Å²) in [4.78, 5) is 12.3. The second kappa shape index (κ2) is 11.6. The highest BCUT2D eigenvalue weighted by Crippen LogP contribution is 2.43. The highest BCUT2D eigenvalue weighted by Gasteiger charge is 2.33. The van der Waals surface area contributed by atoms with Crippen LogP contribution in [0.5, 0.6) is 0 Å². The lowest BCUT2D eigenvalue weighted by Gasteiger charge is -2.36. The standard InChI is InChI=1S/C23H34NO4P/c1-4-28-29(26,27)18-23(25)22(15-19(2)3)24(16-20-11-7-5-8-12-20)17-21-13-9-6-10-14-21/h5-14,19,22-23,25H,4,15-18H2,1-3H3,(H,26,27). The van der Waals surface area contributed by atoms with Crippen LogP contribution >= 0.6 is 7.60 Å². The first-order chi connectivity index (χ1) is 13.8. The van der Waals surface area contributed by atoms with E-state index in [0.717, 1.165) is 11.1 Å². The molecule has 2 N–H and O–H groups in total. The fraction of sp³-hybridized carbons (Fsp3) is 0.478. The Morgan fingerprint density at radius 2 is 1.45 bits per heavy atom. The lowest BCUT2D eigenvalue weighted by atomic mass is 9.97. The van der Waals surface area contributed by atoms with Gasteiger partial charge < -0.3 is 14.5 Å². The Labute approximate surface area is 174 Å². The molecule has 0 saturated carbocycles. The highest BCUT2D eigenvalue weighted by molar-refractivity contribution is 7.52. The Balaban J connectivity index is 2.30. The first-order valence-electron chi connectivity index (χ1n) is 10.3. The topological polar surface area (TPSA) is 70.0 Å². The van der Waals surface area contributed by atoms with E-state index in [-0.39, 0.29) is 18.8 Å². The van der Waals surface area contributed by atoms with Gasteiger partial charge in [-0.05, 0) is 30.4 Å². The average Bonchev–Trinajstić information content (AvgIpc) is 2.66. The summed E-state index contributed by atoms with van der Waals surface area (Å²) in [7, 11) is -3.83. The number of aliphatic hydroxyl groups excluding tert-OH is 1. The molecule has 0 spiro atoms. The largest absolute Gasteiger partial charge is 0.391 e. The van der Waals surface area contributed by atoms with Crippen LogP contribution in [-0.4, -0.2) is 39.8 Å². The molecule has 29 heavy (non-hydrogen) atoms. The molecule has 2 aromatic rings. The van der Waals surface area contributed by atoms with E-state index in [0.29, 0.717) is 25.4 Å². The molecule has 0 fully saturated rings. The minimum atomic E-state index is -3.83. The Morgan fingerprint density at radius 3 is 1.86 bits per heavy atom. The first-order valence-corrected chi connectivity index (χ1v) is 12.0. The molecule has 0 radical (unpaired) electrons. The predicted molar refractivity (Wildman–Crippen MR) is 118 cm³/mol. The average molecular weight is 420 g/mol. The van der Waals surface area contributed by atoms with Crippen LogP contribution in [0.25, 0.3) is 0 Å². The normalized spacial score (nSPS) is 16.0. The van der Waals surface area contributed by atoms with Gasteiger partial charge in [0.1, 0.15) is 0 Å². The van der Waals surface area contributed by atoms with E-state index in [1.807, 2.05) is 36.4 Å². The third kappa shape index (κ3) is 8.41. The van der Waals surface area contributed by atoms with E-state index < -0.39 is 13.7 Å². The van der Waals surface area contributed by atoms with Gasteiger partial charge >= 0.3 is 7.60 Å². The summed E-state index contributed by atoms with van der Waals surface area (Å²) in [5.74, 6) is 0.328. The van der Waals surface area contributed by atoms with E-state index in [1.165, 1.54) is 0 Å². The minimum Gasteiger partial charge on any atom is -0.391 e. The monoisotopic (exact) mass is 419 g/mol. The predicted octanol–water partition coefficient (Wildman–Crippen LogP) is 4.69. The van der Waals surface area contributed by atoms with Gasteiger partial charge in [-0.25, -0.2) is 0 Å². The van der Waals surface area contributed by atoms with Crippen molar-refractivity contribution in [3.8, 4) is 0 Å². The molecule has 5 nitrogen and oxygen atoms in total. The molecule has 0 aliphatic carbocycles. The molecular formula is C23H34NO4P. The number of aliphatic hydroxyl groups is 1. The molecule has 3 atom stereocenters. The summed E-state index contributed by atoms with van der Waals surface area (Å²) in [5.41, 5.74) is 2.28. The van der Waals surface area contributed by atoms with Crippen LogP contribution in [0.3, 0.4) is 0 Å². The maximum atomic E-state index is 12.3. The fourth-order valence-corrected chi connectivity index (χ4v) is 4.80. The molecule has 6 heteroatoms. The van der Waals surface area contributed by atoms with Crippen molar-refractivity contribution in [3.05, 3.63) is 71.8 Å². The van der Waals surface area contributed by atoms with E-state index in [4.69, 9.17) is 4.52 Å². The lowest BCUT2D eigenvalue weighted by Crippen LogP contribution is -2.45. The van der Waals surface area contributed by atoms with Crippen molar-refractivity contribution >= 4 is 7.60 Å². The van der Waals surface area contributed by atoms with Gasteiger partial charge in [-0.15, -0.1) is 0 Å². The van der Waals surface area contributed by atoms with Crippen molar-refractivity contribution in [2.24, 2.45) is 5.92 Å². The van der Waals surface area contributed by atoms with Gasteiger partial charge in [-0.1, -0.05) is 74.5 Å². The Bertz CT molecular complexity index is 712. The molecule has 3 unspecified atom stereocenters. The zero-order valence-electron chi connectivity index (χ0n) is 17.6. The SMILES string of the molecule is CCOP(=O)(O)CC(O)C(CC(C)C)N(Cc1ccccc1)Cc1ccccc1. The number of hydrogen-bond donors (Lipinski definition) is 2. The summed E-state index contributed by atoms with van der Waals surface area (Å²) in [5, 5.41) is 11.0. The molecule has 0 heterocycles. The number of benzene rings is 2. The van der Waals surface area contributed by atoms with E-state index in [2.05, 4.69) is 43.0 Å². The first kappa shape index (κ1) is 23.8. The summed E-state index contributed by atoms with van der Waals surface area (Å²) < 4.78 is 17.3. The van der Waals surface area contributed by atoms with Crippen LogP contribution in [0.1, 0.15) is 38.3 Å². The summed E-state index contributed by atoms with van der Waals surface area (Å²) >= 11 is 0. The Kier molecular flexibility index (Phi) is 9.54. The maximum absolute atomic E-state index is 12.3. The highest BCUT2D eigenvalue weighted by atomic mass is 31.2. The molecule has 2 aromatic carbocycles. The summed E-state index contributed by atoms with van der Waals surface area (Å²) in [6, 6.07) is 20.0. The molecule has 0 aliphatic rings. The molecule has 2 rings (SSSR count). The van der Waals surface area contributed by atoms with E-state index >= 15 is 0 Å². The number of hydrogen-bond acceptors (Lipinski definition) is 4. The molecule has 0 bridgehead atoms. The van der Waals surface area contributed by atoms with Crippen LogP contribution in [-0.2, 0) is 22.2 Å². The Hall–Kier alpha value is -1.49. The molecular weight excluding hydrogens is 385 g/mol. The Morgan fingerprint density at radius 1 is 0.966 bits per heavy atom. The van der Waals surface area contributed by atoms with Crippen LogP contribution in [0.15, 0.2) is 60.7 Å². The molecule has 0 aromatic heterocycles. The minimum absolute atomic E-state index is 0.146. The van der Waals surface area contributed by atoms with Crippen molar-refractivity contribution in [2.75, 3.05) is 12.8 Å². The maximum Gasteiger partial charge on any atom is 0.330 e. The van der Waals surface area contributed by atoms with E-state index in [1.54, 1.807) is 6.92 Å². The van der Waals surface area contributed by atoms with Gasteiger partial charge in [0.2, 0.25) is 0 Å². The molecule has 0 aliphatic heterocycles. The van der Waals surface area contributed by atoms with Crippen LogP contribution in [0.2, 0.25) is 0 Å².